The molecule has 1 fully saturated rings. The summed E-state index contributed by atoms with van der Waals surface area (Å²) in [5, 5.41) is 1.15. The summed E-state index contributed by atoms with van der Waals surface area (Å²) in [5.74, 6) is 0.448. The Balaban J connectivity index is 1.28. The number of amides is 1. The zero-order valence-corrected chi connectivity index (χ0v) is 19.9. The molecule has 0 atom stereocenters. The molecule has 1 heterocycles. The first-order valence-electron chi connectivity index (χ1n) is 10.8. The van der Waals surface area contributed by atoms with Crippen LogP contribution in [0.25, 0.3) is 0 Å². The number of ether oxygens (including phenoxy) is 1. The van der Waals surface area contributed by atoms with Crippen molar-refractivity contribution in [2.24, 2.45) is 0 Å². The first kappa shape index (κ1) is 23.6. The second-order valence-corrected chi connectivity index (χ2v) is 9.02. The Hall–Kier alpha value is -2.60. The summed E-state index contributed by atoms with van der Waals surface area (Å²) in [6.45, 7) is 5.76. The van der Waals surface area contributed by atoms with Gasteiger partial charge >= 0.3 is 0 Å². The van der Waals surface area contributed by atoms with Gasteiger partial charge in [-0.05, 0) is 66.1 Å². The number of aryl methyl sites for hydroxylation is 1. The second-order valence-electron chi connectivity index (χ2n) is 8.20. The van der Waals surface area contributed by atoms with Crippen LogP contribution < -0.4 is 4.74 Å². The minimum atomic E-state index is -0.336. The fourth-order valence-electron chi connectivity index (χ4n) is 3.80. The molecule has 0 spiro atoms. The van der Waals surface area contributed by atoms with E-state index in [4.69, 9.17) is 27.9 Å². The van der Waals surface area contributed by atoms with Crippen LogP contribution in [0.5, 0.6) is 5.75 Å². The lowest BCUT2D eigenvalue weighted by atomic mass is 10.1. The molecule has 0 unspecified atom stereocenters. The van der Waals surface area contributed by atoms with Gasteiger partial charge in [0, 0.05) is 48.3 Å². The largest absolute Gasteiger partial charge is 0.489 e. The Labute approximate surface area is 203 Å². The number of benzene rings is 3. The highest BCUT2D eigenvalue weighted by atomic mass is 35.5. The van der Waals surface area contributed by atoms with Crippen LogP contribution >= 0.6 is 23.2 Å². The first-order chi connectivity index (χ1) is 15.9. The summed E-state index contributed by atoms with van der Waals surface area (Å²) in [6, 6.07) is 17.6. The summed E-state index contributed by atoms with van der Waals surface area (Å²) in [7, 11) is 0. The smallest absolute Gasteiger partial charge is 0.253 e. The van der Waals surface area contributed by atoms with Gasteiger partial charge in [0.2, 0.25) is 0 Å². The molecule has 0 saturated carbocycles. The van der Waals surface area contributed by atoms with E-state index in [-0.39, 0.29) is 11.7 Å². The number of halogens is 3. The summed E-state index contributed by atoms with van der Waals surface area (Å²) in [6.07, 6.45) is 0. The van der Waals surface area contributed by atoms with Crippen LogP contribution in [-0.4, -0.2) is 41.9 Å². The number of carbonyl (C=O) groups is 1. The van der Waals surface area contributed by atoms with Crippen molar-refractivity contribution in [3.05, 3.63) is 98.8 Å². The summed E-state index contributed by atoms with van der Waals surface area (Å²) in [5.41, 5.74) is 3.51. The molecule has 1 aliphatic rings. The highest BCUT2D eigenvalue weighted by Gasteiger charge is 2.22. The maximum atomic E-state index is 13.2. The third-order valence-corrected chi connectivity index (χ3v) is 6.58. The quantitative estimate of drug-likeness (QED) is 0.429. The van der Waals surface area contributed by atoms with Gasteiger partial charge < -0.3 is 9.64 Å². The third-order valence-electron chi connectivity index (χ3n) is 5.80. The number of rotatable bonds is 6. The van der Waals surface area contributed by atoms with Crippen molar-refractivity contribution in [2.75, 3.05) is 26.2 Å². The van der Waals surface area contributed by atoms with Gasteiger partial charge in [-0.25, -0.2) is 4.39 Å². The Kier molecular flexibility index (Phi) is 7.53. The highest BCUT2D eigenvalue weighted by molar-refractivity contribution is 6.31. The molecule has 33 heavy (non-hydrogen) atoms. The number of carbonyl (C=O) groups excluding carboxylic acids is 1. The van der Waals surface area contributed by atoms with Crippen molar-refractivity contribution in [1.29, 1.82) is 0 Å². The van der Waals surface area contributed by atoms with Crippen LogP contribution in [0.4, 0.5) is 4.39 Å². The van der Waals surface area contributed by atoms with Crippen molar-refractivity contribution in [3.8, 4) is 5.75 Å². The zero-order valence-electron chi connectivity index (χ0n) is 18.4. The van der Waals surface area contributed by atoms with Gasteiger partial charge in [-0.1, -0.05) is 41.4 Å². The number of hydrogen-bond donors (Lipinski definition) is 0. The molecule has 4 nitrogen and oxygen atoms in total. The second kappa shape index (κ2) is 10.6. The molecular weight excluding hydrogens is 462 g/mol. The van der Waals surface area contributed by atoms with E-state index in [0.717, 1.165) is 35.5 Å². The molecular formula is C26H25Cl2FN2O2. The molecule has 4 rings (SSSR count). The van der Waals surface area contributed by atoms with Crippen LogP contribution in [0.15, 0.2) is 60.7 Å². The lowest BCUT2D eigenvalue weighted by molar-refractivity contribution is 0.0628. The van der Waals surface area contributed by atoms with E-state index >= 15 is 0 Å². The van der Waals surface area contributed by atoms with Gasteiger partial charge in [-0.3, -0.25) is 9.69 Å². The maximum absolute atomic E-state index is 13.2. The molecule has 1 saturated heterocycles. The Morgan fingerprint density at radius 3 is 2.33 bits per heavy atom. The van der Waals surface area contributed by atoms with Crippen molar-refractivity contribution < 1.29 is 13.9 Å². The highest BCUT2D eigenvalue weighted by Crippen LogP contribution is 2.22. The number of hydrogen-bond acceptors (Lipinski definition) is 3. The molecule has 0 radical (unpaired) electrons. The van der Waals surface area contributed by atoms with E-state index in [1.807, 2.05) is 54.3 Å². The van der Waals surface area contributed by atoms with E-state index in [1.165, 1.54) is 12.1 Å². The summed E-state index contributed by atoms with van der Waals surface area (Å²) >= 11 is 12.2. The van der Waals surface area contributed by atoms with Crippen molar-refractivity contribution in [3.63, 3.8) is 0 Å². The minimum Gasteiger partial charge on any atom is -0.489 e. The maximum Gasteiger partial charge on any atom is 0.253 e. The molecule has 1 aliphatic heterocycles. The SMILES string of the molecule is Cc1cc(OCc2ccc(C(=O)N3CCN(Cc4ccc(F)cc4Cl)CC3)cc2)ccc1Cl. The molecule has 1 amide bonds. The molecule has 0 bridgehead atoms. The van der Waals surface area contributed by atoms with Crippen LogP contribution in [0.2, 0.25) is 10.0 Å². The van der Waals surface area contributed by atoms with Gasteiger partial charge in [0.25, 0.3) is 5.91 Å². The molecule has 0 aliphatic carbocycles. The lowest BCUT2D eigenvalue weighted by Crippen LogP contribution is -2.48. The van der Waals surface area contributed by atoms with Gasteiger partial charge in [0.15, 0.2) is 0 Å². The normalized spacial score (nSPS) is 14.4. The van der Waals surface area contributed by atoms with Crippen LogP contribution in [-0.2, 0) is 13.2 Å². The van der Waals surface area contributed by atoms with Crippen molar-refractivity contribution in [1.82, 2.24) is 9.80 Å². The van der Waals surface area contributed by atoms with E-state index in [0.29, 0.717) is 41.8 Å². The minimum absolute atomic E-state index is 0.0234. The topological polar surface area (TPSA) is 32.8 Å². The molecule has 172 valence electrons. The van der Waals surface area contributed by atoms with Gasteiger partial charge in [0.1, 0.15) is 18.2 Å². The number of piperazine rings is 1. The predicted octanol–water partition coefficient (Wildman–Crippen LogP) is 5.98. The average Bonchev–Trinajstić information content (AvgIpc) is 2.82. The molecule has 7 heteroatoms. The Bertz CT molecular complexity index is 1130. The third kappa shape index (κ3) is 6.05. The van der Waals surface area contributed by atoms with E-state index < -0.39 is 0 Å². The first-order valence-corrected chi connectivity index (χ1v) is 11.6. The monoisotopic (exact) mass is 486 g/mol. The molecule has 0 aromatic heterocycles. The van der Waals surface area contributed by atoms with E-state index in [9.17, 15) is 9.18 Å². The molecule has 3 aromatic carbocycles. The lowest BCUT2D eigenvalue weighted by Gasteiger charge is -2.35. The standard InChI is InChI=1S/C26H25Cl2FN2O2/c1-18-14-23(8-9-24(18)27)33-17-19-2-4-20(5-3-19)26(32)31-12-10-30(11-13-31)16-21-6-7-22(29)15-25(21)28/h2-9,14-15H,10-13,16-17H2,1H3. The fraction of sp³-hybridized carbons (Fsp3) is 0.269. The predicted molar refractivity (Wildman–Crippen MR) is 130 cm³/mol. The molecule has 0 N–H and O–H groups in total. The average molecular weight is 487 g/mol. The zero-order chi connectivity index (χ0) is 23.4. The Morgan fingerprint density at radius 1 is 0.939 bits per heavy atom. The summed E-state index contributed by atoms with van der Waals surface area (Å²) in [4.78, 5) is 17.0. The van der Waals surface area contributed by atoms with Crippen molar-refractivity contribution >= 4 is 29.1 Å². The van der Waals surface area contributed by atoms with Gasteiger partial charge in [-0.15, -0.1) is 0 Å². The fourth-order valence-corrected chi connectivity index (χ4v) is 4.14. The van der Waals surface area contributed by atoms with Crippen LogP contribution in [0.1, 0.15) is 27.0 Å². The van der Waals surface area contributed by atoms with Gasteiger partial charge in [-0.2, -0.15) is 0 Å². The van der Waals surface area contributed by atoms with Crippen LogP contribution in [0.3, 0.4) is 0 Å². The van der Waals surface area contributed by atoms with E-state index in [2.05, 4.69) is 4.90 Å². The number of nitrogens with zero attached hydrogens (tertiary/aromatic N) is 2. The van der Waals surface area contributed by atoms with Crippen LogP contribution in [0, 0.1) is 12.7 Å². The Morgan fingerprint density at radius 2 is 1.67 bits per heavy atom. The summed E-state index contributed by atoms with van der Waals surface area (Å²) < 4.78 is 19.1. The van der Waals surface area contributed by atoms with E-state index in [1.54, 1.807) is 6.07 Å². The van der Waals surface area contributed by atoms with Crippen molar-refractivity contribution in [2.45, 2.75) is 20.1 Å². The molecule has 3 aromatic rings. The van der Waals surface area contributed by atoms with Gasteiger partial charge in [0.05, 0.1) is 0 Å².